The van der Waals surface area contributed by atoms with Crippen LogP contribution in [0.1, 0.15) is 11.4 Å². The number of nitrogens with zero attached hydrogens (tertiary/aromatic N) is 2. The highest BCUT2D eigenvalue weighted by atomic mass is 79.9. The zero-order valence-electron chi connectivity index (χ0n) is 12.5. The molecule has 4 nitrogen and oxygen atoms in total. The molecule has 2 aromatic carbocycles. The Bertz CT molecular complexity index is 910. The van der Waals surface area contributed by atoms with Crippen LogP contribution >= 0.6 is 15.9 Å². The van der Waals surface area contributed by atoms with Gasteiger partial charge in [-0.05, 0) is 37.4 Å². The number of halogens is 2. The Morgan fingerprint density at radius 3 is 2.83 bits per heavy atom. The number of fused-ring (bicyclic) bond motifs is 1. The van der Waals surface area contributed by atoms with Crippen LogP contribution in [0.25, 0.3) is 10.9 Å². The predicted octanol–water partition coefficient (Wildman–Crippen LogP) is 3.46. The molecule has 1 N–H and O–H groups in total. The Kier molecular flexibility index (Phi) is 4.54. The quantitative estimate of drug-likeness (QED) is 0.759. The molecule has 0 bridgehead atoms. The average molecular weight is 376 g/mol. The fourth-order valence-electron chi connectivity index (χ4n) is 2.48. The van der Waals surface area contributed by atoms with Gasteiger partial charge < -0.3 is 4.98 Å². The third kappa shape index (κ3) is 3.65. The number of hydrogen-bond acceptors (Lipinski definition) is 3. The molecule has 0 saturated carbocycles. The number of para-hydroxylation sites is 1. The first-order chi connectivity index (χ1) is 11.0. The summed E-state index contributed by atoms with van der Waals surface area (Å²) in [5.74, 6) is 0.312. The fraction of sp³-hybridized carbons (Fsp3) is 0.176. The van der Waals surface area contributed by atoms with Crippen LogP contribution in [-0.2, 0) is 13.1 Å². The van der Waals surface area contributed by atoms with Crippen molar-refractivity contribution < 1.29 is 4.39 Å². The average Bonchev–Trinajstić information content (AvgIpc) is 2.51. The second-order valence-corrected chi connectivity index (χ2v) is 6.35. The molecule has 6 heteroatoms. The van der Waals surface area contributed by atoms with Crippen LogP contribution in [0.3, 0.4) is 0 Å². The predicted molar refractivity (Wildman–Crippen MR) is 91.6 cm³/mol. The zero-order chi connectivity index (χ0) is 16.4. The van der Waals surface area contributed by atoms with Crippen molar-refractivity contribution in [3.63, 3.8) is 0 Å². The van der Waals surface area contributed by atoms with E-state index in [1.165, 1.54) is 6.07 Å². The Balaban J connectivity index is 1.81. The van der Waals surface area contributed by atoms with Gasteiger partial charge in [0.05, 0.1) is 17.4 Å². The number of aromatic amines is 1. The van der Waals surface area contributed by atoms with Gasteiger partial charge in [0.2, 0.25) is 0 Å². The summed E-state index contributed by atoms with van der Waals surface area (Å²) in [4.78, 5) is 21.2. The Labute approximate surface area is 141 Å². The second-order valence-electron chi connectivity index (χ2n) is 5.44. The smallest absolute Gasteiger partial charge is 0.258 e. The van der Waals surface area contributed by atoms with Crippen LogP contribution in [0.2, 0.25) is 0 Å². The second kappa shape index (κ2) is 6.60. The van der Waals surface area contributed by atoms with Crippen molar-refractivity contribution in [3.8, 4) is 0 Å². The van der Waals surface area contributed by atoms with Gasteiger partial charge >= 0.3 is 0 Å². The number of aromatic nitrogens is 2. The van der Waals surface area contributed by atoms with E-state index in [1.807, 2.05) is 24.1 Å². The monoisotopic (exact) mass is 375 g/mol. The Hall–Kier alpha value is -2.05. The topological polar surface area (TPSA) is 49.0 Å². The number of H-pyrrole nitrogens is 1. The molecule has 0 aliphatic carbocycles. The van der Waals surface area contributed by atoms with E-state index in [2.05, 4.69) is 25.9 Å². The van der Waals surface area contributed by atoms with Gasteiger partial charge in [0.1, 0.15) is 11.6 Å². The first-order valence-electron chi connectivity index (χ1n) is 7.13. The lowest BCUT2D eigenvalue weighted by Crippen LogP contribution is -2.22. The van der Waals surface area contributed by atoms with Gasteiger partial charge in [-0.2, -0.15) is 0 Å². The van der Waals surface area contributed by atoms with E-state index in [-0.39, 0.29) is 11.4 Å². The van der Waals surface area contributed by atoms with Crippen LogP contribution in [0, 0.1) is 5.82 Å². The number of benzene rings is 2. The van der Waals surface area contributed by atoms with E-state index in [1.54, 1.807) is 24.3 Å². The molecule has 0 saturated heterocycles. The molecular formula is C17H15BrFN3O. The summed E-state index contributed by atoms with van der Waals surface area (Å²) >= 11 is 3.34. The number of hydrogen-bond donors (Lipinski definition) is 1. The molecule has 1 aromatic heterocycles. The summed E-state index contributed by atoms with van der Waals surface area (Å²) in [6, 6.07) is 12.1. The molecule has 118 valence electrons. The van der Waals surface area contributed by atoms with Gasteiger partial charge in [0.15, 0.2) is 0 Å². The molecule has 0 aliphatic rings. The third-order valence-corrected chi connectivity index (χ3v) is 4.02. The molecule has 0 unspecified atom stereocenters. The van der Waals surface area contributed by atoms with E-state index in [9.17, 15) is 9.18 Å². The molecule has 0 atom stereocenters. The van der Waals surface area contributed by atoms with Crippen molar-refractivity contribution in [1.29, 1.82) is 0 Å². The molecule has 3 aromatic rings. The van der Waals surface area contributed by atoms with E-state index < -0.39 is 0 Å². The van der Waals surface area contributed by atoms with Gasteiger partial charge in [-0.15, -0.1) is 0 Å². The molecular weight excluding hydrogens is 361 g/mol. The summed E-state index contributed by atoms with van der Waals surface area (Å²) in [6.45, 7) is 0.841. The standard InChI is InChI=1S/C17H15BrFN3O/c1-22(9-11-8-12(18)6-7-14(11)19)10-16-20-15-5-3-2-4-13(15)17(23)21-16/h2-8H,9-10H2,1H3,(H,20,21,23). The molecule has 0 radical (unpaired) electrons. The van der Waals surface area contributed by atoms with Crippen LogP contribution in [0.4, 0.5) is 4.39 Å². The first-order valence-corrected chi connectivity index (χ1v) is 7.92. The minimum atomic E-state index is -0.250. The number of nitrogens with one attached hydrogen (secondary N) is 1. The largest absolute Gasteiger partial charge is 0.309 e. The lowest BCUT2D eigenvalue weighted by Gasteiger charge is -2.17. The van der Waals surface area contributed by atoms with E-state index >= 15 is 0 Å². The van der Waals surface area contributed by atoms with Gasteiger partial charge in [-0.25, -0.2) is 9.37 Å². The molecule has 0 spiro atoms. The Morgan fingerprint density at radius 2 is 2.00 bits per heavy atom. The van der Waals surface area contributed by atoms with Crippen molar-refractivity contribution in [2.75, 3.05) is 7.05 Å². The highest BCUT2D eigenvalue weighted by Gasteiger charge is 2.09. The van der Waals surface area contributed by atoms with Crippen molar-refractivity contribution in [3.05, 3.63) is 74.5 Å². The normalized spacial score (nSPS) is 11.3. The van der Waals surface area contributed by atoms with Gasteiger partial charge in [0, 0.05) is 16.6 Å². The maximum absolute atomic E-state index is 13.8. The van der Waals surface area contributed by atoms with E-state index in [4.69, 9.17) is 0 Å². The van der Waals surface area contributed by atoms with Crippen molar-refractivity contribution in [1.82, 2.24) is 14.9 Å². The van der Waals surface area contributed by atoms with Crippen molar-refractivity contribution in [2.24, 2.45) is 0 Å². The summed E-state index contributed by atoms with van der Waals surface area (Å²) in [5, 5.41) is 0.567. The van der Waals surface area contributed by atoms with Crippen molar-refractivity contribution >= 4 is 26.8 Å². The molecule has 0 aliphatic heterocycles. The maximum Gasteiger partial charge on any atom is 0.258 e. The van der Waals surface area contributed by atoms with Gasteiger partial charge in [-0.1, -0.05) is 28.1 Å². The number of rotatable bonds is 4. The summed E-state index contributed by atoms with van der Waals surface area (Å²) < 4.78 is 14.7. The molecule has 0 amide bonds. The van der Waals surface area contributed by atoms with Crippen LogP contribution in [0.15, 0.2) is 51.7 Å². The molecule has 23 heavy (non-hydrogen) atoms. The van der Waals surface area contributed by atoms with Crippen LogP contribution in [0.5, 0.6) is 0 Å². The highest BCUT2D eigenvalue weighted by Crippen LogP contribution is 2.17. The lowest BCUT2D eigenvalue weighted by atomic mass is 10.2. The highest BCUT2D eigenvalue weighted by molar-refractivity contribution is 9.10. The molecule has 1 heterocycles. The SMILES string of the molecule is CN(Cc1nc2ccccc2c(=O)[nH]1)Cc1cc(Br)ccc1F. The van der Waals surface area contributed by atoms with Crippen LogP contribution < -0.4 is 5.56 Å². The fourth-order valence-corrected chi connectivity index (χ4v) is 2.89. The first kappa shape index (κ1) is 15.8. The van der Waals surface area contributed by atoms with Crippen molar-refractivity contribution in [2.45, 2.75) is 13.1 Å². The lowest BCUT2D eigenvalue weighted by molar-refractivity contribution is 0.305. The maximum atomic E-state index is 13.8. The third-order valence-electron chi connectivity index (χ3n) is 3.53. The molecule has 0 fully saturated rings. The summed E-state index contributed by atoms with van der Waals surface area (Å²) in [7, 11) is 1.86. The minimum Gasteiger partial charge on any atom is -0.309 e. The van der Waals surface area contributed by atoms with Gasteiger partial charge in [-0.3, -0.25) is 9.69 Å². The van der Waals surface area contributed by atoms with E-state index in [0.29, 0.717) is 35.4 Å². The summed E-state index contributed by atoms with van der Waals surface area (Å²) in [5.41, 5.74) is 1.09. The zero-order valence-corrected chi connectivity index (χ0v) is 14.1. The summed E-state index contributed by atoms with van der Waals surface area (Å²) in [6.07, 6.45) is 0. The van der Waals surface area contributed by atoms with E-state index in [0.717, 1.165) is 4.47 Å². The van der Waals surface area contributed by atoms with Crippen LogP contribution in [-0.4, -0.2) is 21.9 Å². The Morgan fingerprint density at radius 1 is 1.22 bits per heavy atom. The van der Waals surface area contributed by atoms with Gasteiger partial charge in [0.25, 0.3) is 5.56 Å². The minimum absolute atomic E-state index is 0.160. The molecule has 3 rings (SSSR count).